The third-order valence-corrected chi connectivity index (χ3v) is 5.87. The molecule has 1 aliphatic rings. The van der Waals surface area contributed by atoms with Crippen LogP contribution in [-0.4, -0.2) is 26.7 Å². The summed E-state index contributed by atoms with van der Waals surface area (Å²) in [6.45, 7) is 9.23. The van der Waals surface area contributed by atoms with Gasteiger partial charge in [-0.25, -0.2) is 0 Å². The molecule has 2 heterocycles. The van der Waals surface area contributed by atoms with Gasteiger partial charge in [0, 0.05) is 22.8 Å². The zero-order chi connectivity index (χ0) is 22.1. The molecular weight excluding hydrogens is 428 g/mol. The molecule has 1 unspecified atom stereocenters. The van der Waals surface area contributed by atoms with Gasteiger partial charge in [-0.15, -0.1) is 0 Å². The molecule has 3 aromatic rings. The highest BCUT2D eigenvalue weighted by molar-refractivity contribution is 7.80. The van der Waals surface area contributed by atoms with Gasteiger partial charge in [-0.05, 0) is 49.7 Å². The maximum Gasteiger partial charge on any atom is 0.258 e. The summed E-state index contributed by atoms with van der Waals surface area (Å²) in [4.78, 5) is 6.85. The molecule has 0 aliphatic carbocycles. The van der Waals surface area contributed by atoms with E-state index in [2.05, 4.69) is 43.1 Å². The minimum atomic E-state index is -0.235. The van der Waals surface area contributed by atoms with Gasteiger partial charge in [0.1, 0.15) is 0 Å². The molecular formula is C24H25ClN4OS. The van der Waals surface area contributed by atoms with Crippen LogP contribution in [0.3, 0.4) is 0 Å². The highest BCUT2D eigenvalue weighted by Crippen LogP contribution is 2.38. The summed E-state index contributed by atoms with van der Waals surface area (Å²) in [7, 11) is 0. The number of nitrogens with zero attached hydrogens (tertiary/aromatic N) is 3. The standard InChI is InChI=1S/C24H25ClN4OS/c1-14(2)13-29-16(4)20(21(26-24(29)31)18-6-5-7-19(25)12-18)23-27-22(28-30-23)17-10-8-15(3)9-11-17/h5-12,14,21H,13H2,1-4H3,(H,26,31). The number of aryl methyl sites for hydroxylation is 1. The Kier molecular flexibility index (Phi) is 6.12. The smallest absolute Gasteiger partial charge is 0.258 e. The summed E-state index contributed by atoms with van der Waals surface area (Å²) in [6, 6.07) is 15.6. The predicted octanol–water partition coefficient (Wildman–Crippen LogP) is 6.02. The van der Waals surface area contributed by atoms with Gasteiger partial charge in [0.15, 0.2) is 5.11 Å². The molecule has 0 saturated carbocycles. The number of benzene rings is 2. The minimum absolute atomic E-state index is 0.235. The Morgan fingerprint density at radius 2 is 1.90 bits per heavy atom. The first-order chi connectivity index (χ1) is 14.8. The molecule has 2 aromatic carbocycles. The number of allylic oxidation sites excluding steroid dienone is 1. The van der Waals surface area contributed by atoms with E-state index in [1.54, 1.807) is 0 Å². The molecule has 4 rings (SSSR count). The largest absolute Gasteiger partial charge is 0.351 e. The van der Waals surface area contributed by atoms with Crippen molar-refractivity contribution in [1.82, 2.24) is 20.4 Å². The van der Waals surface area contributed by atoms with Crippen LogP contribution in [0.15, 0.2) is 58.8 Å². The van der Waals surface area contributed by atoms with Crippen molar-refractivity contribution in [3.63, 3.8) is 0 Å². The van der Waals surface area contributed by atoms with E-state index in [9.17, 15) is 0 Å². The van der Waals surface area contributed by atoms with Crippen LogP contribution < -0.4 is 5.32 Å². The van der Waals surface area contributed by atoms with Gasteiger partial charge < -0.3 is 14.7 Å². The fourth-order valence-electron chi connectivity index (χ4n) is 3.73. The van der Waals surface area contributed by atoms with Crippen LogP contribution in [0.5, 0.6) is 0 Å². The van der Waals surface area contributed by atoms with Gasteiger partial charge in [0.25, 0.3) is 5.89 Å². The topological polar surface area (TPSA) is 54.2 Å². The molecule has 31 heavy (non-hydrogen) atoms. The van der Waals surface area contributed by atoms with Crippen molar-refractivity contribution < 1.29 is 4.52 Å². The monoisotopic (exact) mass is 452 g/mol. The second-order valence-corrected chi connectivity index (χ2v) is 9.05. The molecule has 1 atom stereocenters. The Bertz CT molecular complexity index is 1140. The number of hydrogen-bond donors (Lipinski definition) is 1. The van der Waals surface area contributed by atoms with Crippen molar-refractivity contribution in [2.45, 2.75) is 33.7 Å². The number of thiocarbonyl (C=S) groups is 1. The lowest BCUT2D eigenvalue weighted by Crippen LogP contribution is -2.47. The van der Waals surface area contributed by atoms with E-state index in [1.807, 2.05) is 48.5 Å². The lowest BCUT2D eigenvalue weighted by atomic mass is 9.94. The summed E-state index contributed by atoms with van der Waals surface area (Å²) in [5.74, 6) is 1.47. The molecule has 1 aliphatic heterocycles. The van der Waals surface area contributed by atoms with Crippen molar-refractivity contribution >= 4 is 34.5 Å². The van der Waals surface area contributed by atoms with E-state index in [4.69, 9.17) is 33.3 Å². The number of nitrogens with one attached hydrogen (secondary N) is 1. The van der Waals surface area contributed by atoms with Gasteiger partial charge in [-0.3, -0.25) is 0 Å². The molecule has 0 saturated heterocycles. The summed E-state index contributed by atoms with van der Waals surface area (Å²) in [6.07, 6.45) is 0. The first kappa shape index (κ1) is 21.5. The third-order valence-electron chi connectivity index (χ3n) is 5.29. The molecule has 0 radical (unpaired) electrons. The minimum Gasteiger partial charge on any atom is -0.351 e. The highest BCUT2D eigenvalue weighted by Gasteiger charge is 2.34. The van der Waals surface area contributed by atoms with Crippen LogP contribution in [0.1, 0.15) is 43.8 Å². The Morgan fingerprint density at radius 3 is 2.58 bits per heavy atom. The fraction of sp³-hybridized carbons (Fsp3) is 0.292. The average molecular weight is 453 g/mol. The molecule has 5 nitrogen and oxygen atoms in total. The van der Waals surface area contributed by atoms with Crippen LogP contribution in [0.25, 0.3) is 17.0 Å². The van der Waals surface area contributed by atoms with E-state index in [0.29, 0.717) is 27.8 Å². The maximum absolute atomic E-state index is 6.29. The Hall–Kier alpha value is -2.70. The van der Waals surface area contributed by atoms with Gasteiger partial charge in [-0.2, -0.15) is 4.98 Å². The highest BCUT2D eigenvalue weighted by atomic mass is 35.5. The number of halogens is 1. The van der Waals surface area contributed by atoms with E-state index < -0.39 is 0 Å². The van der Waals surface area contributed by atoms with Crippen molar-refractivity contribution in [2.75, 3.05) is 6.54 Å². The first-order valence-corrected chi connectivity index (χ1v) is 11.1. The predicted molar refractivity (Wildman–Crippen MR) is 129 cm³/mol. The Labute approximate surface area is 193 Å². The first-order valence-electron chi connectivity index (χ1n) is 10.3. The van der Waals surface area contributed by atoms with E-state index in [0.717, 1.165) is 28.9 Å². The van der Waals surface area contributed by atoms with E-state index >= 15 is 0 Å². The SMILES string of the molecule is CC1=C(c2nc(-c3ccc(C)cc3)no2)C(c2cccc(Cl)c2)NC(=S)N1CC(C)C. The number of rotatable bonds is 5. The second-order valence-electron chi connectivity index (χ2n) is 8.23. The maximum atomic E-state index is 6.29. The van der Waals surface area contributed by atoms with Gasteiger partial charge >= 0.3 is 0 Å². The summed E-state index contributed by atoms with van der Waals surface area (Å²) >= 11 is 12.0. The summed E-state index contributed by atoms with van der Waals surface area (Å²) < 4.78 is 5.77. The third kappa shape index (κ3) is 4.50. The molecule has 0 fully saturated rings. The molecule has 0 amide bonds. The van der Waals surface area contributed by atoms with Crippen LogP contribution in [0.4, 0.5) is 0 Å². The van der Waals surface area contributed by atoms with E-state index in [-0.39, 0.29) is 6.04 Å². The van der Waals surface area contributed by atoms with Crippen LogP contribution >= 0.6 is 23.8 Å². The quantitative estimate of drug-likeness (QED) is 0.478. The van der Waals surface area contributed by atoms with Crippen molar-refractivity contribution in [2.24, 2.45) is 5.92 Å². The zero-order valence-corrected chi connectivity index (χ0v) is 19.6. The lowest BCUT2D eigenvalue weighted by Gasteiger charge is -2.38. The van der Waals surface area contributed by atoms with Gasteiger partial charge in [0.2, 0.25) is 5.82 Å². The molecule has 160 valence electrons. The van der Waals surface area contributed by atoms with Crippen molar-refractivity contribution in [3.05, 3.63) is 76.3 Å². The van der Waals surface area contributed by atoms with Crippen molar-refractivity contribution in [1.29, 1.82) is 0 Å². The molecule has 0 spiro atoms. The van der Waals surface area contributed by atoms with Crippen LogP contribution in [0, 0.1) is 12.8 Å². The van der Waals surface area contributed by atoms with Crippen molar-refractivity contribution in [3.8, 4) is 11.4 Å². The number of hydrogen-bond acceptors (Lipinski definition) is 4. The molecule has 0 bridgehead atoms. The van der Waals surface area contributed by atoms with E-state index in [1.165, 1.54) is 5.56 Å². The number of aromatic nitrogens is 2. The molecule has 7 heteroatoms. The molecule has 1 N–H and O–H groups in total. The summed E-state index contributed by atoms with van der Waals surface area (Å²) in [5, 5.41) is 9.06. The van der Waals surface area contributed by atoms with Crippen LogP contribution in [-0.2, 0) is 0 Å². The van der Waals surface area contributed by atoms with Gasteiger partial charge in [0.05, 0.1) is 11.6 Å². The second kappa shape index (κ2) is 8.81. The Balaban J connectivity index is 1.82. The Morgan fingerprint density at radius 1 is 1.16 bits per heavy atom. The normalized spacial score (nSPS) is 16.8. The zero-order valence-electron chi connectivity index (χ0n) is 18.0. The molecule has 1 aromatic heterocycles. The van der Waals surface area contributed by atoms with Crippen LogP contribution in [0.2, 0.25) is 5.02 Å². The fourth-order valence-corrected chi connectivity index (χ4v) is 4.26. The lowest BCUT2D eigenvalue weighted by molar-refractivity contribution is 0.386. The van der Waals surface area contributed by atoms with Gasteiger partial charge in [-0.1, -0.05) is 72.6 Å². The summed E-state index contributed by atoms with van der Waals surface area (Å²) in [5.41, 5.74) is 4.99. The average Bonchev–Trinajstić information content (AvgIpc) is 3.20.